The van der Waals surface area contributed by atoms with E-state index in [4.69, 9.17) is 16.3 Å². The van der Waals surface area contributed by atoms with Crippen molar-refractivity contribution in [2.75, 3.05) is 25.6 Å². The van der Waals surface area contributed by atoms with Crippen LogP contribution in [0, 0.1) is 0 Å². The Morgan fingerprint density at radius 1 is 1.14 bits per heavy atom. The van der Waals surface area contributed by atoms with Crippen molar-refractivity contribution < 1.29 is 4.74 Å². The molecule has 0 fully saturated rings. The maximum Gasteiger partial charge on any atom is 0.119 e. The molecule has 0 atom stereocenters. The molecule has 14 heavy (non-hydrogen) atoms. The van der Waals surface area contributed by atoms with Crippen LogP contribution in [-0.2, 0) is 0 Å². The zero-order chi connectivity index (χ0) is 10.1. The van der Waals surface area contributed by atoms with Crippen LogP contribution < -0.4 is 10.1 Å². The van der Waals surface area contributed by atoms with E-state index in [2.05, 4.69) is 5.32 Å². The molecule has 2 nitrogen and oxygen atoms in total. The molecule has 3 heteroatoms. The Hall–Kier alpha value is -0.730. The van der Waals surface area contributed by atoms with Gasteiger partial charge in [0.25, 0.3) is 0 Å². The third-order valence-electron chi connectivity index (χ3n) is 1.78. The number of hydrogen-bond acceptors (Lipinski definition) is 2. The largest absolute Gasteiger partial charge is 0.494 e. The minimum atomic E-state index is 0.666. The Morgan fingerprint density at radius 3 is 2.64 bits per heavy atom. The molecule has 0 radical (unpaired) electrons. The minimum absolute atomic E-state index is 0.666. The Morgan fingerprint density at radius 2 is 1.93 bits per heavy atom. The van der Waals surface area contributed by atoms with Crippen LogP contribution in [0.1, 0.15) is 6.42 Å². The molecule has 0 aliphatic heterocycles. The van der Waals surface area contributed by atoms with E-state index >= 15 is 0 Å². The number of para-hydroxylation sites is 1. The smallest absolute Gasteiger partial charge is 0.119 e. The van der Waals surface area contributed by atoms with E-state index in [1.54, 1.807) is 0 Å². The van der Waals surface area contributed by atoms with Crippen LogP contribution in [0.15, 0.2) is 30.3 Å². The van der Waals surface area contributed by atoms with E-state index in [0.717, 1.165) is 31.9 Å². The highest BCUT2D eigenvalue weighted by Crippen LogP contribution is 2.07. The summed E-state index contributed by atoms with van der Waals surface area (Å²) in [5.41, 5.74) is 0. The van der Waals surface area contributed by atoms with Gasteiger partial charge in [0.2, 0.25) is 0 Å². The number of hydrogen-bond donors (Lipinski definition) is 1. The van der Waals surface area contributed by atoms with Crippen LogP contribution in [0.5, 0.6) is 5.75 Å². The van der Waals surface area contributed by atoms with E-state index < -0.39 is 0 Å². The molecule has 0 saturated carbocycles. The molecule has 0 bridgehead atoms. The number of halogens is 1. The summed E-state index contributed by atoms with van der Waals surface area (Å²) in [5, 5.41) is 3.21. The van der Waals surface area contributed by atoms with Gasteiger partial charge in [-0.25, -0.2) is 0 Å². The Bertz CT molecular complexity index is 228. The standard InChI is InChI=1S/C11H16ClNO/c12-7-9-13-8-4-10-14-11-5-2-1-3-6-11/h1-3,5-6,13H,4,7-10H2. The van der Waals surface area contributed by atoms with Gasteiger partial charge in [-0.3, -0.25) is 0 Å². The van der Waals surface area contributed by atoms with Gasteiger partial charge >= 0.3 is 0 Å². The molecule has 0 aliphatic rings. The number of ether oxygens (including phenoxy) is 1. The summed E-state index contributed by atoms with van der Waals surface area (Å²) >= 11 is 5.52. The predicted molar refractivity (Wildman–Crippen MR) is 60.1 cm³/mol. The van der Waals surface area contributed by atoms with Crippen molar-refractivity contribution in [3.05, 3.63) is 30.3 Å². The Kier molecular flexibility index (Phi) is 6.20. The molecule has 1 rings (SSSR count). The second-order valence-electron chi connectivity index (χ2n) is 2.95. The van der Waals surface area contributed by atoms with Gasteiger partial charge < -0.3 is 10.1 Å². The van der Waals surface area contributed by atoms with Gasteiger partial charge in [-0.15, -0.1) is 11.6 Å². The van der Waals surface area contributed by atoms with E-state index in [-0.39, 0.29) is 0 Å². The lowest BCUT2D eigenvalue weighted by Gasteiger charge is -2.05. The van der Waals surface area contributed by atoms with Gasteiger partial charge in [0.15, 0.2) is 0 Å². The molecule has 0 aliphatic carbocycles. The van der Waals surface area contributed by atoms with E-state index in [0.29, 0.717) is 5.88 Å². The van der Waals surface area contributed by atoms with Crippen molar-refractivity contribution in [1.82, 2.24) is 5.32 Å². The fraction of sp³-hybridized carbons (Fsp3) is 0.455. The summed E-state index contributed by atoms with van der Waals surface area (Å²) in [6.45, 7) is 2.58. The lowest BCUT2D eigenvalue weighted by molar-refractivity contribution is 0.309. The number of alkyl halides is 1. The molecule has 1 N–H and O–H groups in total. The first kappa shape index (κ1) is 11.3. The maximum absolute atomic E-state index is 5.52. The molecule has 0 unspecified atom stereocenters. The molecule has 0 saturated heterocycles. The number of rotatable bonds is 7. The summed E-state index contributed by atoms with van der Waals surface area (Å²) in [7, 11) is 0. The van der Waals surface area contributed by atoms with Gasteiger partial charge in [-0.2, -0.15) is 0 Å². The molecule has 0 aromatic heterocycles. The average Bonchev–Trinajstić information content (AvgIpc) is 2.25. The van der Waals surface area contributed by atoms with Crippen LogP contribution >= 0.6 is 11.6 Å². The minimum Gasteiger partial charge on any atom is -0.494 e. The second kappa shape index (κ2) is 7.65. The molecule has 0 spiro atoms. The van der Waals surface area contributed by atoms with Crippen molar-refractivity contribution in [2.24, 2.45) is 0 Å². The topological polar surface area (TPSA) is 21.3 Å². The highest BCUT2D eigenvalue weighted by atomic mass is 35.5. The molecule has 78 valence electrons. The van der Waals surface area contributed by atoms with Crippen molar-refractivity contribution in [1.29, 1.82) is 0 Å². The highest BCUT2D eigenvalue weighted by molar-refractivity contribution is 6.18. The van der Waals surface area contributed by atoms with Crippen LogP contribution in [0.2, 0.25) is 0 Å². The van der Waals surface area contributed by atoms with Crippen molar-refractivity contribution >= 4 is 11.6 Å². The zero-order valence-electron chi connectivity index (χ0n) is 8.21. The third-order valence-corrected chi connectivity index (χ3v) is 1.97. The summed E-state index contributed by atoms with van der Waals surface area (Å²) < 4.78 is 5.51. The number of nitrogens with one attached hydrogen (secondary N) is 1. The van der Waals surface area contributed by atoms with Gasteiger partial charge in [0.05, 0.1) is 6.61 Å². The quantitative estimate of drug-likeness (QED) is 0.554. The average molecular weight is 214 g/mol. The summed E-state index contributed by atoms with van der Waals surface area (Å²) in [6, 6.07) is 9.86. The zero-order valence-corrected chi connectivity index (χ0v) is 8.96. The van der Waals surface area contributed by atoms with Crippen molar-refractivity contribution in [3.63, 3.8) is 0 Å². The highest BCUT2D eigenvalue weighted by Gasteiger charge is 1.91. The van der Waals surface area contributed by atoms with E-state index in [9.17, 15) is 0 Å². The molecule has 0 amide bonds. The van der Waals surface area contributed by atoms with Gasteiger partial charge in [0.1, 0.15) is 5.75 Å². The third kappa shape index (κ3) is 5.10. The second-order valence-corrected chi connectivity index (χ2v) is 3.33. The lowest BCUT2D eigenvalue weighted by atomic mass is 10.3. The predicted octanol–water partition coefficient (Wildman–Crippen LogP) is 2.28. The van der Waals surface area contributed by atoms with Crippen LogP contribution in [0.3, 0.4) is 0 Å². The Balaban J connectivity index is 1.99. The molecule has 1 aromatic rings. The SMILES string of the molecule is ClCCNCCCOc1ccccc1. The molecular weight excluding hydrogens is 198 g/mol. The molecular formula is C11H16ClNO. The van der Waals surface area contributed by atoms with Crippen LogP contribution in [0.25, 0.3) is 0 Å². The number of benzene rings is 1. The summed E-state index contributed by atoms with van der Waals surface area (Å²) in [4.78, 5) is 0. The van der Waals surface area contributed by atoms with Crippen LogP contribution in [-0.4, -0.2) is 25.6 Å². The first-order valence-corrected chi connectivity index (χ1v) is 5.41. The lowest BCUT2D eigenvalue weighted by Crippen LogP contribution is -2.19. The van der Waals surface area contributed by atoms with Crippen molar-refractivity contribution in [2.45, 2.75) is 6.42 Å². The molecule has 1 aromatic carbocycles. The molecule has 0 heterocycles. The Labute approximate surface area is 90.2 Å². The van der Waals surface area contributed by atoms with Gasteiger partial charge in [0, 0.05) is 12.4 Å². The fourth-order valence-electron chi connectivity index (χ4n) is 1.10. The monoisotopic (exact) mass is 213 g/mol. The van der Waals surface area contributed by atoms with E-state index in [1.165, 1.54) is 0 Å². The van der Waals surface area contributed by atoms with E-state index in [1.807, 2.05) is 30.3 Å². The van der Waals surface area contributed by atoms with Crippen LogP contribution in [0.4, 0.5) is 0 Å². The normalized spacial score (nSPS) is 10.1. The summed E-state index contributed by atoms with van der Waals surface area (Å²) in [6.07, 6.45) is 1.01. The van der Waals surface area contributed by atoms with Gasteiger partial charge in [-0.1, -0.05) is 18.2 Å². The first-order chi connectivity index (χ1) is 6.93. The van der Waals surface area contributed by atoms with Crippen molar-refractivity contribution in [3.8, 4) is 5.75 Å². The first-order valence-electron chi connectivity index (χ1n) is 4.88. The fourth-order valence-corrected chi connectivity index (χ4v) is 1.23. The maximum atomic E-state index is 5.52. The summed E-state index contributed by atoms with van der Waals surface area (Å²) in [5.74, 6) is 1.60. The van der Waals surface area contributed by atoms with Gasteiger partial charge in [-0.05, 0) is 25.1 Å².